The largest absolute Gasteiger partial charge is 0.310 e. The molecule has 2 aromatic rings. The van der Waals surface area contributed by atoms with Crippen LogP contribution in [0.25, 0.3) is 0 Å². The lowest BCUT2D eigenvalue weighted by molar-refractivity contribution is 0.497. The van der Waals surface area contributed by atoms with E-state index in [1.165, 1.54) is 5.56 Å². The van der Waals surface area contributed by atoms with E-state index >= 15 is 0 Å². The first kappa shape index (κ1) is 14.7. The second-order valence-electron chi connectivity index (χ2n) is 5.06. The number of hydrogen-bond donors (Lipinski definition) is 1. The molecule has 1 atom stereocenters. The van der Waals surface area contributed by atoms with Crippen molar-refractivity contribution in [3.05, 3.63) is 29.6 Å². The van der Waals surface area contributed by atoms with Crippen LogP contribution >= 0.6 is 0 Å². The van der Waals surface area contributed by atoms with Crippen LogP contribution in [-0.2, 0) is 20.0 Å². The average Bonchev–Trinajstić information content (AvgIpc) is 2.96. The molecule has 0 spiro atoms. The molecule has 0 amide bonds. The molecule has 0 bridgehead atoms. The van der Waals surface area contributed by atoms with Gasteiger partial charge in [0.05, 0.1) is 5.69 Å². The third-order valence-corrected chi connectivity index (χ3v) is 3.40. The van der Waals surface area contributed by atoms with Crippen molar-refractivity contribution in [2.75, 3.05) is 6.54 Å². The molecule has 1 N–H and O–H groups in total. The predicted molar refractivity (Wildman–Crippen MR) is 78.4 cm³/mol. The fraction of sp³-hybridized carbons (Fsp3) is 0.643. The second-order valence-corrected chi connectivity index (χ2v) is 5.06. The van der Waals surface area contributed by atoms with Crippen LogP contribution in [0.3, 0.4) is 0 Å². The van der Waals surface area contributed by atoms with Gasteiger partial charge in [-0.3, -0.25) is 9.36 Å². The monoisotopic (exact) mass is 276 g/mol. The van der Waals surface area contributed by atoms with Crippen molar-refractivity contribution in [2.45, 2.75) is 46.2 Å². The van der Waals surface area contributed by atoms with E-state index in [4.69, 9.17) is 0 Å². The molecule has 0 radical (unpaired) electrons. The SMILES string of the molecule is CCCn1ncnc1CC(NCC)c1cn(C)nc1C. The summed E-state index contributed by atoms with van der Waals surface area (Å²) in [6.07, 6.45) is 5.63. The molecule has 2 rings (SSSR count). The third-order valence-electron chi connectivity index (χ3n) is 3.40. The standard InChI is InChI=1S/C14H24N6/c1-5-7-20-14(16-10-17-20)8-13(15-6-2)12-9-19(4)18-11(12)3/h9-10,13,15H,5-8H2,1-4H3. The van der Waals surface area contributed by atoms with Gasteiger partial charge >= 0.3 is 0 Å². The summed E-state index contributed by atoms with van der Waals surface area (Å²) in [5, 5.41) is 12.3. The maximum absolute atomic E-state index is 4.44. The van der Waals surface area contributed by atoms with Crippen LogP contribution in [0.5, 0.6) is 0 Å². The zero-order valence-corrected chi connectivity index (χ0v) is 12.8. The highest BCUT2D eigenvalue weighted by molar-refractivity contribution is 5.21. The minimum absolute atomic E-state index is 0.230. The van der Waals surface area contributed by atoms with Gasteiger partial charge < -0.3 is 5.32 Å². The molecule has 0 saturated carbocycles. The maximum Gasteiger partial charge on any atom is 0.138 e. The Balaban J connectivity index is 2.21. The van der Waals surface area contributed by atoms with Crippen LogP contribution in [0.15, 0.2) is 12.5 Å². The predicted octanol–water partition coefficient (Wildman–Crippen LogP) is 1.62. The van der Waals surface area contributed by atoms with Crippen LogP contribution in [0.1, 0.15) is 43.4 Å². The molecule has 1 unspecified atom stereocenters. The number of rotatable bonds is 7. The lowest BCUT2D eigenvalue weighted by atomic mass is 10.0. The van der Waals surface area contributed by atoms with E-state index in [0.717, 1.165) is 37.4 Å². The minimum atomic E-state index is 0.230. The van der Waals surface area contributed by atoms with Gasteiger partial charge in [0.2, 0.25) is 0 Å². The molecule has 0 aromatic carbocycles. The van der Waals surface area contributed by atoms with Gasteiger partial charge in [-0.1, -0.05) is 13.8 Å². The van der Waals surface area contributed by atoms with E-state index in [2.05, 4.69) is 47.5 Å². The van der Waals surface area contributed by atoms with Gasteiger partial charge in [-0.05, 0) is 19.9 Å². The molecule has 110 valence electrons. The number of aromatic nitrogens is 5. The maximum atomic E-state index is 4.44. The van der Waals surface area contributed by atoms with Gasteiger partial charge in [-0.2, -0.15) is 10.2 Å². The van der Waals surface area contributed by atoms with Crippen molar-refractivity contribution in [3.63, 3.8) is 0 Å². The number of nitrogens with one attached hydrogen (secondary N) is 1. The van der Waals surface area contributed by atoms with Crippen molar-refractivity contribution >= 4 is 0 Å². The quantitative estimate of drug-likeness (QED) is 0.835. The van der Waals surface area contributed by atoms with Crippen LogP contribution in [0.4, 0.5) is 0 Å². The number of likely N-dealkylation sites (N-methyl/N-ethyl adjacent to an activating group) is 1. The molecule has 20 heavy (non-hydrogen) atoms. The minimum Gasteiger partial charge on any atom is -0.310 e. The number of nitrogens with zero attached hydrogens (tertiary/aromatic N) is 5. The second kappa shape index (κ2) is 6.65. The highest BCUT2D eigenvalue weighted by Gasteiger charge is 2.18. The van der Waals surface area contributed by atoms with E-state index in [1.807, 2.05) is 16.4 Å². The molecule has 0 fully saturated rings. The Morgan fingerprint density at radius 2 is 2.15 bits per heavy atom. The summed E-state index contributed by atoms with van der Waals surface area (Å²) < 4.78 is 3.86. The molecule has 0 aliphatic rings. The van der Waals surface area contributed by atoms with E-state index in [-0.39, 0.29) is 6.04 Å². The summed E-state index contributed by atoms with van der Waals surface area (Å²) in [7, 11) is 1.96. The van der Waals surface area contributed by atoms with Crippen LogP contribution in [0.2, 0.25) is 0 Å². The first-order valence-electron chi connectivity index (χ1n) is 7.25. The van der Waals surface area contributed by atoms with Crippen molar-refractivity contribution in [3.8, 4) is 0 Å². The van der Waals surface area contributed by atoms with Gasteiger partial charge in [0, 0.05) is 37.8 Å². The first-order chi connectivity index (χ1) is 9.65. The van der Waals surface area contributed by atoms with Crippen molar-refractivity contribution in [1.29, 1.82) is 0 Å². The third kappa shape index (κ3) is 3.25. The molecular weight excluding hydrogens is 252 g/mol. The van der Waals surface area contributed by atoms with Gasteiger partial charge in [-0.25, -0.2) is 4.98 Å². The Kier molecular flexibility index (Phi) is 4.89. The zero-order valence-electron chi connectivity index (χ0n) is 12.8. The molecule has 0 aliphatic carbocycles. The van der Waals surface area contributed by atoms with E-state index < -0.39 is 0 Å². The first-order valence-corrected chi connectivity index (χ1v) is 7.25. The van der Waals surface area contributed by atoms with E-state index in [9.17, 15) is 0 Å². The Hall–Kier alpha value is -1.69. The molecule has 0 saturated heterocycles. The molecule has 6 heteroatoms. The molecule has 6 nitrogen and oxygen atoms in total. The smallest absolute Gasteiger partial charge is 0.138 e. The van der Waals surface area contributed by atoms with Gasteiger partial charge in [0.25, 0.3) is 0 Å². The summed E-state index contributed by atoms with van der Waals surface area (Å²) in [4.78, 5) is 4.40. The topological polar surface area (TPSA) is 60.6 Å². The van der Waals surface area contributed by atoms with Gasteiger partial charge in [0.15, 0.2) is 0 Å². The zero-order chi connectivity index (χ0) is 14.5. The summed E-state index contributed by atoms with van der Waals surface area (Å²) in [5.74, 6) is 1.03. The Bertz CT molecular complexity index is 542. The fourth-order valence-electron chi connectivity index (χ4n) is 2.53. The lowest BCUT2D eigenvalue weighted by Crippen LogP contribution is -2.25. The molecule has 2 aromatic heterocycles. The number of hydrogen-bond acceptors (Lipinski definition) is 4. The van der Waals surface area contributed by atoms with Crippen molar-refractivity contribution in [1.82, 2.24) is 29.9 Å². The van der Waals surface area contributed by atoms with Crippen LogP contribution < -0.4 is 5.32 Å². The Morgan fingerprint density at radius 1 is 1.35 bits per heavy atom. The molecule has 2 heterocycles. The lowest BCUT2D eigenvalue weighted by Gasteiger charge is -2.17. The highest BCUT2D eigenvalue weighted by atomic mass is 15.3. The summed E-state index contributed by atoms with van der Waals surface area (Å²) >= 11 is 0. The average molecular weight is 276 g/mol. The van der Waals surface area contributed by atoms with Gasteiger partial charge in [0.1, 0.15) is 12.2 Å². The van der Waals surface area contributed by atoms with Crippen LogP contribution in [-0.4, -0.2) is 31.1 Å². The Labute approximate surface area is 120 Å². The van der Waals surface area contributed by atoms with Crippen LogP contribution in [0, 0.1) is 6.92 Å². The van der Waals surface area contributed by atoms with Crippen molar-refractivity contribution < 1.29 is 0 Å². The summed E-state index contributed by atoms with van der Waals surface area (Å²) in [6, 6.07) is 0.230. The van der Waals surface area contributed by atoms with E-state index in [0.29, 0.717) is 0 Å². The van der Waals surface area contributed by atoms with Gasteiger partial charge in [-0.15, -0.1) is 0 Å². The summed E-state index contributed by atoms with van der Waals surface area (Å²) in [6.45, 7) is 8.16. The highest BCUT2D eigenvalue weighted by Crippen LogP contribution is 2.20. The Morgan fingerprint density at radius 3 is 2.75 bits per heavy atom. The number of aryl methyl sites for hydroxylation is 3. The van der Waals surface area contributed by atoms with Crippen molar-refractivity contribution in [2.24, 2.45) is 7.05 Å². The van der Waals surface area contributed by atoms with E-state index in [1.54, 1.807) is 6.33 Å². The normalized spacial score (nSPS) is 12.8. The molecule has 0 aliphatic heterocycles. The fourth-order valence-corrected chi connectivity index (χ4v) is 2.53. The summed E-state index contributed by atoms with van der Waals surface area (Å²) in [5.41, 5.74) is 2.31. The molecular formula is C14H24N6.